The van der Waals surface area contributed by atoms with Crippen LogP contribution in [0.25, 0.3) is 17.0 Å². The van der Waals surface area contributed by atoms with Crippen molar-refractivity contribution in [3.63, 3.8) is 0 Å². The average Bonchev–Trinajstić information content (AvgIpc) is 3.03. The molecule has 1 aromatic heterocycles. The minimum Gasteiger partial charge on any atom is -0.348 e. The van der Waals surface area contributed by atoms with Gasteiger partial charge in [0.25, 0.3) is 0 Å². The number of hydrogen-bond donors (Lipinski definition) is 1. The molecule has 2 fully saturated rings. The van der Waals surface area contributed by atoms with E-state index in [2.05, 4.69) is 15.2 Å². The second kappa shape index (κ2) is 6.73. The van der Waals surface area contributed by atoms with Gasteiger partial charge in [-0.3, -0.25) is 14.7 Å². The van der Waals surface area contributed by atoms with E-state index in [0.717, 1.165) is 29.4 Å². The van der Waals surface area contributed by atoms with Gasteiger partial charge >= 0.3 is 0 Å². The predicted molar refractivity (Wildman–Crippen MR) is 96.5 cm³/mol. The first-order valence-electron chi connectivity index (χ1n) is 8.88. The van der Waals surface area contributed by atoms with E-state index in [9.17, 15) is 4.79 Å². The van der Waals surface area contributed by atoms with Crippen molar-refractivity contribution in [1.82, 2.24) is 15.2 Å². The van der Waals surface area contributed by atoms with Gasteiger partial charge in [-0.15, -0.1) is 0 Å². The van der Waals surface area contributed by atoms with Crippen LogP contribution >= 0.6 is 0 Å². The Kier molecular flexibility index (Phi) is 4.30. The number of hydrogen-bond acceptors (Lipinski definition) is 3. The van der Waals surface area contributed by atoms with Crippen LogP contribution in [0, 0.1) is 0 Å². The number of carbonyl (C=O) groups is 1. The van der Waals surface area contributed by atoms with Crippen LogP contribution in [0.2, 0.25) is 0 Å². The molecular formula is C20H23N3O. The minimum absolute atomic E-state index is 0.000331. The number of para-hydroxylation sites is 1. The minimum atomic E-state index is 0.000331. The number of benzene rings is 1. The summed E-state index contributed by atoms with van der Waals surface area (Å²) >= 11 is 0. The number of nitrogens with one attached hydrogen (secondary N) is 1. The zero-order valence-electron chi connectivity index (χ0n) is 13.8. The Hall–Kier alpha value is -2.20. The highest BCUT2D eigenvalue weighted by molar-refractivity contribution is 5.95. The largest absolute Gasteiger partial charge is 0.348 e. The van der Waals surface area contributed by atoms with Crippen molar-refractivity contribution < 1.29 is 4.79 Å². The molecule has 0 saturated carbocycles. The molecule has 1 aromatic carbocycles. The summed E-state index contributed by atoms with van der Waals surface area (Å²) in [6, 6.07) is 10.8. The molecule has 124 valence electrons. The van der Waals surface area contributed by atoms with Gasteiger partial charge in [0.05, 0.1) is 5.52 Å². The predicted octanol–water partition coefficient (Wildman–Crippen LogP) is 2.99. The zero-order valence-corrected chi connectivity index (χ0v) is 13.8. The Bertz CT molecular complexity index is 765. The third-order valence-corrected chi connectivity index (χ3v) is 5.26. The standard InChI is InChI=1S/C20H23N3O/c24-19(22-17-11-14-23-13-2-1-8-18(17)23)10-9-16-6-3-5-15-7-4-12-21-20(15)16/h3-7,9-10,12,17-18H,1-2,8,11,13-14H2,(H,22,24). The summed E-state index contributed by atoms with van der Waals surface area (Å²) in [6.45, 7) is 2.31. The highest BCUT2D eigenvalue weighted by Gasteiger charge is 2.35. The Labute approximate surface area is 142 Å². The molecule has 2 saturated heterocycles. The second-order valence-electron chi connectivity index (χ2n) is 6.76. The number of piperidine rings is 1. The summed E-state index contributed by atoms with van der Waals surface area (Å²) in [7, 11) is 0. The summed E-state index contributed by atoms with van der Waals surface area (Å²) in [5.41, 5.74) is 1.91. The van der Waals surface area contributed by atoms with Gasteiger partial charge in [0.2, 0.25) is 5.91 Å². The van der Waals surface area contributed by atoms with Crippen LogP contribution in [0.4, 0.5) is 0 Å². The first kappa shape index (κ1) is 15.3. The van der Waals surface area contributed by atoms with E-state index in [1.54, 1.807) is 12.3 Å². The Balaban J connectivity index is 1.45. The lowest BCUT2D eigenvalue weighted by Gasteiger charge is -2.32. The molecule has 0 bridgehead atoms. The average molecular weight is 321 g/mol. The fraction of sp³-hybridized carbons (Fsp3) is 0.400. The van der Waals surface area contributed by atoms with Gasteiger partial charge in [-0.2, -0.15) is 0 Å². The van der Waals surface area contributed by atoms with Crippen molar-refractivity contribution in [2.45, 2.75) is 37.8 Å². The van der Waals surface area contributed by atoms with E-state index in [1.165, 1.54) is 25.8 Å². The Morgan fingerprint density at radius 3 is 3.04 bits per heavy atom. The molecule has 2 atom stereocenters. The van der Waals surface area contributed by atoms with Crippen molar-refractivity contribution in [1.29, 1.82) is 0 Å². The van der Waals surface area contributed by atoms with E-state index < -0.39 is 0 Å². The zero-order chi connectivity index (χ0) is 16.4. The molecule has 0 spiro atoms. The van der Waals surface area contributed by atoms with Crippen LogP contribution in [-0.2, 0) is 4.79 Å². The molecule has 2 aliphatic rings. The molecule has 0 aliphatic carbocycles. The number of nitrogens with zero attached hydrogens (tertiary/aromatic N) is 2. The van der Waals surface area contributed by atoms with Crippen LogP contribution in [0.3, 0.4) is 0 Å². The number of carbonyl (C=O) groups excluding carboxylic acids is 1. The number of rotatable bonds is 3. The fourth-order valence-electron chi connectivity index (χ4n) is 4.07. The summed E-state index contributed by atoms with van der Waals surface area (Å²) in [5, 5.41) is 4.30. The monoisotopic (exact) mass is 321 g/mol. The number of pyridine rings is 1. The molecule has 2 aromatic rings. The highest BCUT2D eigenvalue weighted by atomic mass is 16.1. The van der Waals surface area contributed by atoms with E-state index in [1.807, 2.05) is 36.4 Å². The molecule has 4 rings (SSSR count). The van der Waals surface area contributed by atoms with Crippen LogP contribution < -0.4 is 5.32 Å². The van der Waals surface area contributed by atoms with Crippen LogP contribution in [0.5, 0.6) is 0 Å². The molecule has 1 N–H and O–H groups in total. The SMILES string of the molecule is O=C(C=Cc1cccc2cccnc12)NC1CCN2CCCCC12. The van der Waals surface area contributed by atoms with Crippen molar-refractivity contribution in [2.24, 2.45) is 0 Å². The summed E-state index contributed by atoms with van der Waals surface area (Å²) < 4.78 is 0. The fourth-order valence-corrected chi connectivity index (χ4v) is 4.07. The Morgan fingerprint density at radius 2 is 2.08 bits per heavy atom. The summed E-state index contributed by atoms with van der Waals surface area (Å²) in [6.07, 6.45) is 10.2. The second-order valence-corrected chi connectivity index (χ2v) is 6.76. The molecule has 0 radical (unpaired) electrons. The van der Waals surface area contributed by atoms with Crippen molar-refractivity contribution >= 4 is 22.9 Å². The van der Waals surface area contributed by atoms with Gasteiger partial charge in [0.1, 0.15) is 0 Å². The van der Waals surface area contributed by atoms with Gasteiger partial charge in [-0.25, -0.2) is 0 Å². The molecular weight excluding hydrogens is 298 g/mol. The van der Waals surface area contributed by atoms with Crippen LogP contribution in [0.15, 0.2) is 42.6 Å². The van der Waals surface area contributed by atoms with Gasteiger partial charge in [0.15, 0.2) is 0 Å². The topological polar surface area (TPSA) is 45.2 Å². The van der Waals surface area contributed by atoms with Crippen molar-refractivity contribution in [3.05, 3.63) is 48.2 Å². The quantitative estimate of drug-likeness (QED) is 0.884. The first-order valence-corrected chi connectivity index (χ1v) is 8.88. The molecule has 24 heavy (non-hydrogen) atoms. The van der Waals surface area contributed by atoms with E-state index in [0.29, 0.717) is 12.1 Å². The smallest absolute Gasteiger partial charge is 0.244 e. The lowest BCUT2D eigenvalue weighted by atomic mass is 9.99. The van der Waals surface area contributed by atoms with Gasteiger partial charge in [0, 0.05) is 41.9 Å². The maximum Gasteiger partial charge on any atom is 0.244 e. The van der Waals surface area contributed by atoms with E-state index >= 15 is 0 Å². The molecule has 4 nitrogen and oxygen atoms in total. The van der Waals surface area contributed by atoms with Gasteiger partial charge in [-0.1, -0.05) is 30.7 Å². The lowest BCUT2D eigenvalue weighted by molar-refractivity contribution is -0.117. The van der Waals surface area contributed by atoms with Gasteiger partial charge in [-0.05, 0) is 37.9 Å². The molecule has 2 unspecified atom stereocenters. The molecule has 4 heteroatoms. The van der Waals surface area contributed by atoms with Crippen molar-refractivity contribution in [2.75, 3.05) is 13.1 Å². The van der Waals surface area contributed by atoms with Crippen LogP contribution in [0.1, 0.15) is 31.2 Å². The third-order valence-electron chi connectivity index (χ3n) is 5.26. The maximum atomic E-state index is 12.3. The van der Waals surface area contributed by atoms with E-state index in [4.69, 9.17) is 0 Å². The molecule has 1 amide bonds. The van der Waals surface area contributed by atoms with Crippen LogP contribution in [-0.4, -0.2) is 41.0 Å². The van der Waals surface area contributed by atoms with Crippen molar-refractivity contribution in [3.8, 4) is 0 Å². The number of aromatic nitrogens is 1. The highest BCUT2D eigenvalue weighted by Crippen LogP contribution is 2.27. The van der Waals surface area contributed by atoms with E-state index in [-0.39, 0.29) is 5.91 Å². The summed E-state index contributed by atoms with van der Waals surface area (Å²) in [4.78, 5) is 19.3. The molecule has 3 heterocycles. The third kappa shape index (κ3) is 3.06. The first-order chi connectivity index (χ1) is 11.8. The van der Waals surface area contributed by atoms with Gasteiger partial charge < -0.3 is 5.32 Å². The lowest BCUT2D eigenvalue weighted by Crippen LogP contribution is -2.46. The maximum absolute atomic E-state index is 12.3. The number of amides is 1. The normalized spacial score (nSPS) is 24.3. The Morgan fingerprint density at radius 1 is 1.17 bits per heavy atom. The molecule has 2 aliphatic heterocycles. The summed E-state index contributed by atoms with van der Waals surface area (Å²) in [5.74, 6) is 0.000331. The number of fused-ring (bicyclic) bond motifs is 2.